The highest BCUT2D eigenvalue weighted by atomic mass is 16.3. The summed E-state index contributed by atoms with van der Waals surface area (Å²) in [6, 6.07) is 0. The molecule has 17 heavy (non-hydrogen) atoms. The third-order valence-corrected chi connectivity index (χ3v) is 2.85. The van der Waals surface area contributed by atoms with Gasteiger partial charge in [0.25, 0.3) is 0 Å². The third-order valence-electron chi connectivity index (χ3n) is 2.85. The van der Waals surface area contributed by atoms with Crippen molar-refractivity contribution >= 4 is 0 Å². The van der Waals surface area contributed by atoms with E-state index in [1.54, 1.807) is 13.8 Å². The van der Waals surface area contributed by atoms with E-state index in [1.165, 1.54) is 0 Å². The second kappa shape index (κ2) is 6.42. The van der Waals surface area contributed by atoms with Crippen molar-refractivity contribution in [3.8, 4) is 11.8 Å². The maximum Gasteiger partial charge on any atom is 0.123 e. The highest BCUT2D eigenvalue weighted by molar-refractivity contribution is 5.19. The van der Waals surface area contributed by atoms with E-state index in [9.17, 15) is 10.2 Å². The Balaban J connectivity index is 4.59. The first kappa shape index (κ1) is 16.5. The van der Waals surface area contributed by atoms with Crippen LogP contribution in [-0.4, -0.2) is 21.4 Å². The maximum atomic E-state index is 10.1. The third kappa shape index (κ3) is 8.24. The van der Waals surface area contributed by atoms with E-state index < -0.39 is 11.2 Å². The summed E-state index contributed by atoms with van der Waals surface area (Å²) < 4.78 is 0. The molecule has 0 aliphatic rings. The molecule has 0 aromatic rings. The Morgan fingerprint density at radius 2 is 1.35 bits per heavy atom. The Bertz CT molecular complexity index is 279. The lowest BCUT2D eigenvalue weighted by molar-refractivity contribution is 0.0840. The van der Waals surface area contributed by atoms with Crippen LogP contribution in [0.4, 0.5) is 0 Å². The largest absolute Gasteiger partial charge is 0.378 e. The molecule has 0 saturated carbocycles. The summed E-state index contributed by atoms with van der Waals surface area (Å²) in [7, 11) is 0. The first-order valence-corrected chi connectivity index (χ1v) is 6.57. The van der Waals surface area contributed by atoms with Gasteiger partial charge in [0.15, 0.2) is 0 Å². The summed E-state index contributed by atoms with van der Waals surface area (Å²) >= 11 is 0. The molecule has 0 aromatic heterocycles. The SMILES string of the molecule is CCC(C)CC(C)(O)C#CC(C)(O)CC(C)C. The van der Waals surface area contributed by atoms with E-state index in [4.69, 9.17) is 0 Å². The van der Waals surface area contributed by atoms with Crippen LogP contribution in [0.2, 0.25) is 0 Å². The Kier molecular flexibility index (Phi) is 6.23. The molecule has 0 aromatic carbocycles. The van der Waals surface area contributed by atoms with E-state index in [2.05, 4.69) is 25.7 Å². The highest BCUT2D eigenvalue weighted by Crippen LogP contribution is 2.20. The van der Waals surface area contributed by atoms with Crippen LogP contribution >= 0.6 is 0 Å². The fraction of sp³-hybridized carbons (Fsp3) is 0.867. The first-order chi connectivity index (χ1) is 7.58. The van der Waals surface area contributed by atoms with E-state index >= 15 is 0 Å². The minimum atomic E-state index is -1.01. The van der Waals surface area contributed by atoms with Crippen LogP contribution in [0.3, 0.4) is 0 Å². The van der Waals surface area contributed by atoms with Crippen molar-refractivity contribution in [1.82, 2.24) is 0 Å². The molecule has 0 saturated heterocycles. The molecule has 0 rings (SSSR count). The normalized spacial score (nSPS) is 20.1. The fourth-order valence-electron chi connectivity index (χ4n) is 1.99. The van der Waals surface area contributed by atoms with Gasteiger partial charge in [-0.3, -0.25) is 0 Å². The lowest BCUT2D eigenvalue weighted by Crippen LogP contribution is -2.28. The molecule has 3 unspecified atom stereocenters. The minimum absolute atomic E-state index is 0.388. The van der Waals surface area contributed by atoms with Crippen molar-refractivity contribution in [2.75, 3.05) is 0 Å². The van der Waals surface area contributed by atoms with Gasteiger partial charge in [0, 0.05) is 0 Å². The molecule has 2 nitrogen and oxygen atoms in total. The zero-order valence-corrected chi connectivity index (χ0v) is 12.2. The second-order valence-corrected chi connectivity index (χ2v) is 6.11. The van der Waals surface area contributed by atoms with E-state index in [0.29, 0.717) is 24.7 Å². The van der Waals surface area contributed by atoms with Gasteiger partial charge in [-0.05, 0) is 38.5 Å². The van der Waals surface area contributed by atoms with Crippen molar-refractivity contribution in [2.24, 2.45) is 11.8 Å². The molecule has 0 aliphatic heterocycles. The summed E-state index contributed by atoms with van der Waals surface area (Å²) in [5, 5.41) is 20.2. The van der Waals surface area contributed by atoms with Crippen LogP contribution in [0.15, 0.2) is 0 Å². The Hall–Kier alpha value is -0.520. The lowest BCUT2D eigenvalue weighted by Gasteiger charge is -2.23. The van der Waals surface area contributed by atoms with Crippen molar-refractivity contribution in [3.05, 3.63) is 0 Å². The van der Waals surface area contributed by atoms with Crippen molar-refractivity contribution < 1.29 is 10.2 Å². The van der Waals surface area contributed by atoms with Gasteiger partial charge in [0.2, 0.25) is 0 Å². The maximum absolute atomic E-state index is 10.1. The molecule has 0 fully saturated rings. The number of hydrogen-bond donors (Lipinski definition) is 2. The zero-order chi connectivity index (χ0) is 13.7. The van der Waals surface area contributed by atoms with E-state index in [1.807, 2.05) is 13.8 Å². The van der Waals surface area contributed by atoms with Crippen LogP contribution in [0.25, 0.3) is 0 Å². The number of hydrogen-bond acceptors (Lipinski definition) is 2. The van der Waals surface area contributed by atoms with Crippen LogP contribution in [0.5, 0.6) is 0 Å². The quantitative estimate of drug-likeness (QED) is 0.725. The van der Waals surface area contributed by atoms with Gasteiger partial charge in [0.05, 0.1) is 0 Å². The summed E-state index contributed by atoms with van der Waals surface area (Å²) in [6.07, 6.45) is 2.30. The van der Waals surface area contributed by atoms with Crippen LogP contribution < -0.4 is 0 Å². The average Bonchev–Trinajstić information content (AvgIpc) is 2.12. The lowest BCUT2D eigenvalue weighted by atomic mass is 9.89. The number of rotatable bonds is 5. The van der Waals surface area contributed by atoms with Gasteiger partial charge < -0.3 is 10.2 Å². The van der Waals surface area contributed by atoms with Gasteiger partial charge >= 0.3 is 0 Å². The monoisotopic (exact) mass is 240 g/mol. The van der Waals surface area contributed by atoms with Crippen molar-refractivity contribution in [2.45, 2.75) is 72.0 Å². The minimum Gasteiger partial charge on any atom is -0.378 e. The fourth-order valence-corrected chi connectivity index (χ4v) is 1.99. The second-order valence-electron chi connectivity index (χ2n) is 6.11. The summed E-state index contributed by atoms with van der Waals surface area (Å²) in [5.41, 5.74) is -2.01. The van der Waals surface area contributed by atoms with Gasteiger partial charge in [-0.25, -0.2) is 0 Å². The molecule has 2 N–H and O–H groups in total. The molecule has 0 amide bonds. The summed E-state index contributed by atoms with van der Waals surface area (Å²) in [6.45, 7) is 11.7. The van der Waals surface area contributed by atoms with Crippen LogP contribution in [-0.2, 0) is 0 Å². The molecule has 0 spiro atoms. The van der Waals surface area contributed by atoms with Gasteiger partial charge in [-0.1, -0.05) is 46.0 Å². The summed E-state index contributed by atoms with van der Waals surface area (Å²) in [5.74, 6) is 6.47. The smallest absolute Gasteiger partial charge is 0.123 e. The Morgan fingerprint density at radius 3 is 1.71 bits per heavy atom. The molecule has 0 bridgehead atoms. The van der Waals surface area contributed by atoms with Gasteiger partial charge in [-0.15, -0.1) is 0 Å². The Morgan fingerprint density at radius 1 is 0.941 bits per heavy atom. The first-order valence-electron chi connectivity index (χ1n) is 6.57. The van der Waals surface area contributed by atoms with Gasteiger partial charge in [-0.2, -0.15) is 0 Å². The topological polar surface area (TPSA) is 40.5 Å². The molecule has 3 atom stereocenters. The Labute approximate surface area is 106 Å². The van der Waals surface area contributed by atoms with Gasteiger partial charge in [0.1, 0.15) is 11.2 Å². The van der Waals surface area contributed by atoms with Crippen molar-refractivity contribution in [1.29, 1.82) is 0 Å². The molecular weight excluding hydrogens is 212 g/mol. The average molecular weight is 240 g/mol. The molecule has 0 aliphatic carbocycles. The van der Waals surface area contributed by atoms with Crippen molar-refractivity contribution in [3.63, 3.8) is 0 Å². The highest BCUT2D eigenvalue weighted by Gasteiger charge is 2.23. The molecule has 0 radical (unpaired) electrons. The molecule has 0 heterocycles. The van der Waals surface area contributed by atoms with E-state index in [0.717, 1.165) is 6.42 Å². The van der Waals surface area contributed by atoms with E-state index in [-0.39, 0.29) is 0 Å². The predicted octanol–water partition coefficient (Wildman–Crippen LogP) is 2.97. The zero-order valence-electron chi connectivity index (χ0n) is 12.2. The number of aliphatic hydroxyl groups is 2. The van der Waals surface area contributed by atoms with Crippen LogP contribution in [0, 0.1) is 23.7 Å². The predicted molar refractivity (Wildman–Crippen MR) is 72.6 cm³/mol. The molecule has 100 valence electrons. The molecule has 2 heteroatoms. The van der Waals surface area contributed by atoms with Crippen LogP contribution in [0.1, 0.15) is 60.8 Å². The molecular formula is C15H28O2. The standard InChI is InChI=1S/C15H28O2/c1-7-13(4)11-15(6,17)9-8-14(5,16)10-12(2)3/h12-13,16-17H,7,10-11H2,1-6H3. The summed E-state index contributed by atoms with van der Waals surface area (Å²) in [4.78, 5) is 0.